The average molecular weight is 764 g/mol. The van der Waals surface area contributed by atoms with Gasteiger partial charge < -0.3 is 9.32 Å². The van der Waals surface area contributed by atoms with Crippen LogP contribution in [-0.2, 0) is 0 Å². The maximum absolute atomic E-state index is 6.59. The Labute approximate surface area is 347 Å². The molecule has 0 radical (unpaired) electrons. The summed E-state index contributed by atoms with van der Waals surface area (Å²) in [4.78, 5) is 2.42. The fourth-order valence-electron chi connectivity index (χ4n) is 9.43. The number of hydrogen-bond donors (Lipinski definition) is 0. The van der Waals surface area contributed by atoms with Gasteiger partial charge in [0.25, 0.3) is 0 Å². The van der Waals surface area contributed by atoms with Crippen LogP contribution in [-0.4, -0.2) is 0 Å². The molecule has 0 saturated carbocycles. The smallest absolute Gasteiger partial charge is 0.136 e. The number of benzene rings is 11. The highest BCUT2D eigenvalue weighted by Gasteiger charge is 2.22. The van der Waals surface area contributed by atoms with Crippen molar-refractivity contribution < 1.29 is 4.42 Å². The van der Waals surface area contributed by atoms with Crippen molar-refractivity contribution in [3.05, 3.63) is 224 Å². The van der Waals surface area contributed by atoms with Gasteiger partial charge in [0.1, 0.15) is 11.2 Å². The minimum atomic E-state index is 0.879. The second-order valence-electron chi connectivity index (χ2n) is 15.6. The van der Waals surface area contributed by atoms with Gasteiger partial charge in [-0.05, 0) is 126 Å². The molecular weight excluding hydrogens is 727 g/mol. The predicted octanol–water partition coefficient (Wildman–Crippen LogP) is 16.7. The molecule has 0 N–H and O–H groups in total. The minimum absolute atomic E-state index is 0.879. The number of nitrogens with zero attached hydrogens (tertiary/aromatic N) is 1. The highest BCUT2D eigenvalue weighted by Crippen LogP contribution is 2.46. The molecule has 0 unspecified atom stereocenters. The first kappa shape index (κ1) is 34.1. The highest BCUT2D eigenvalue weighted by molar-refractivity contribution is 6.17. The number of anilines is 3. The molecule has 0 amide bonds. The number of para-hydroxylation sites is 1. The monoisotopic (exact) mass is 763 g/mol. The van der Waals surface area contributed by atoms with Crippen LogP contribution in [0.5, 0.6) is 0 Å². The fourth-order valence-corrected chi connectivity index (χ4v) is 9.43. The van der Waals surface area contributed by atoms with E-state index in [1.807, 2.05) is 0 Å². The van der Waals surface area contributed by atoms with E-state index >= 15 is 0 Å². The largest absolute Gasteiger partial charge is 0.456 e. The molecule has 1 aromatic heterocycles. The molecule has 0 saturated heterocycles. The molecule has 280 valence electrons. The van der Waals surface area contributed by atoms with E-state index in [4.69, 9.17) is 4.42 Å². The molecule has 12 aromatic rings. The lowest BCUT2D eigenvalue weighted by atomic mass is 9.93. The quantitative estimate of drug-likeness (QED) is 0.157. The molecule has 2 heteroatoms. The van der Waals surface area contributed by atoms with Gasteiger partial charge in [0.05, 0.1) is 5.69 Å². The van der Waals surface area contributed by atoms with E-state index in [-0.39, 0.29) is 0 Å². The van der Waals surface area contributed by atoms with Gasteiger partial charge in [-0.1, -0.05) is 170 Å². The Morgan fingerprint density at radius 1 is 0.283 bits per heavy atom. The summed E-state index contributed by atoms with van der Waals surface area (Å²) in [6.45, 7) is 0. The van der Waals surface area contributed by atoms with Crippen molar-refractivity contribution in [2.24, 2.45) is 0 Å². The van der Waals surface area contributed by atoms with Crippen LogP contribution in [0.1, 0.15) is 0 Å². The molecule has 60 heavy (non-hydrogen) atoms. The van der Waals surface area contributed by atoms with Crippen molar-refractivity contribution in [1.29, 1.82) is 0 Å². The number of rotatable bonds is 6. The van der Waals surface area contributed by atoms with Gasteiger partial charge in [0, 0.05) is 27.7 Å². The summed E-state index contributed by atoms with van der Waals surface area (Å²) in [6.07, 6.45) is 0. The Balaban J connectivity index is 1.07. The van der Waals surface area contributed by atoms with Crippen molar-refractivity contribution in [2.45, 2.75) is 0 Å². The van der Waals surface area contributed by atoms with E-state index in [0.29, 0.717) is 0 Å². The Hall–Kier alpha value is -7.94. The number of fused-ring (bicyclic) bond motifs is 8. The summed E-state index contributed by atoms with van der Waals surface area (Å²) < 4.78 is 6.59. The lowest BCUT2D eigenvalue weighted by Crippen LogP contribution is -2.11. The van der Waals surface area contributed by atoms with Crippen LogP contribution in [0.4, 0.5) is 17.1 Å². The second kappa shape index (κ2) is 13.9. The van der Waals surface area contributed by atoms with Crippen molar-refractivity contribution in [1.82, 2.24) is 0 Å². The molecule has 11 aromatic carbocycles. The van der Waals surface area contributed by atoms with Crippen LogP contribution in [0.15, 0.2) is 229 Å². The summed E-state index contributed by atoms with van der Waals surface area (Å²) in [5, 5.41) is 12.1. The van der Waals surface area contributed by atoms with Crippen LogP contribution in [0.2, 0.25) is 0 Å². The minimum Gasteiger partial charge on any atom is -0.456 e. The van der Waals surface area contributed by atoms with Gasteiger partial charge in [0.2, 0.25) is 0 Å². The van der Waals surface area contributed by atoms with Crippen LogP contribution >= 0.6 is 0 Å². The molecule has 0 spiro atoms. The maximum atomic E-state index is 6.59. The van der Waals surface area contributed by atoms with Gasteiger partial charge >= 0.3 is 0 Å². The number of furan rings is 1. The van der Waals surface area contributed by atoms with E-state index in [2.05, 4.69) is 229 Å². The van der Waals surface area contributed by atoms with Crippen molar-refractivity contribution in [3.63, 3.8) is 0 Å². The van der Waals surface area contributed by atoms with Crippen LogP contribution in [0.3, 0.4) is 0 Å². The zero-order chi connectivity index (χ0) is 39.6. The Bertz CT molecular complexity index is 3610. The van der Waals surface area contributed by atoms with Gasteiger partial charge in [0.15, 0.2) is 0 Å². The summed E-state index contributed by atoms with van der Waals surface area (Å²) in [5.41, 5.74) is 12.0. The highest BCUT2D eigenvalue weighted by atomic mass is 16.3. The van der Waals surface area contributed by atoms with Crippen LogP contribution in [0.25, 0.3) is 98.4 Å². The van der Waals surface area contributed by atoms with E-state index in [0.717, 1.165) is 50.1 Å². The molecule has 0 aliphatic carbocycles. The van der Waals surface area contributed by atoms with Gasteiger partial charge in [-0.3, -0.25) is 0 Å². The van der Waals surface area contributed by atoms with E-state index in [1.165, 1.54) is 65.3 Å². The SMILES string of the molecule is c1cc(-c2cccc3ccccc23)cc(N(c2ccc(-c3cc4ccccc4c4ccccc34)cc2)c2ccccc2-c2cccc3oc4cc5ccccc5cc4c23)c1. The van der Waals surface area contributed by atoms with Gasteiger partial charge in [-0.25, -0.2) is 0 Å². The topological polar surface area (TPSA) is 16.4 Å². The summed E-state index contributed by atoms with van der Waals surface area (Å²) in [5.74, 6) is 0. The normalized spacial score (nSPS) is 11.7. The zero-order valence-corrected chi connectivity index (χ0v) is 32.7. The lowest BCUT2D eigenvalue weighted by molar-refractivity contribution is 0.669. The molecule has 0 aliphatic rings. The van der Waals surface area contributed by atoms with E-state index in [1.54, 1.807) is 0 Å². The maximum Gasteiger partial charge on any atom is 0.136 e. The van der Waals surface area contributed by atoms with Crippen molar-refractivity contribution in [2.75, 3.05) is 4.90 Å². The molecule has 0 aliphatic heterocycles. The van der Waals surface area contributed by atoms with Gasteiger partial charge in [-0.15, -0.1) is 0 Å². The first-order chi connectivity index (χ1) is 29.7. The average Bonchev–Trinajstić information content (AvgIpc) is 3.68. The van der Waals surface area contributed by atoms with Crippen molar-refractivity contribution >= 4 is 82.1 Å². The Morgan fingerprint density at radius 2 is 0.900 bits per heavy atom. The third-order valence-corrected chi connectivity index (χ3v) is 12.2. The van der Waals surface area contributed by atoms with Crippen LogP contribution < -0.4 is 4.90 Å². The zero-order valence-electron chi connectivity index (χ0n) is 32.7. The summed E-state index contributed by atoms with van der Waals surface area (Å²) in [7, 11) is 0. The molecule has 1 heterocycles. The summed E-state index contributed by atoms with van der Waals surface area (Å²) in [6, 6.07) is 81.3. The lowest BCUT2D eigenvalue weighted by Gasteiger charge is -2.29. The third kappa shape index (κ3) is 5.57. The molecule has 2 nitrogen and oxygen atoms in total. The molecule has 0 fully saturated rings. The van der Waals surface area contributed by atoms with E-state index in [9.17, 15) is 0 Å². The molecule has 12 rings (SSSR count). The molecule has 0 bridgehead atoms. The van der Waals surface area contributed by atoms with Gasteiger partial charge in [-0.2, -0.15) is 0 Å². The fraction of sp³-hybridized carbons (Fsp3) is 0. The summed E-state index contributed by atoms with van der Waals surface area (Å²) >= 11 is 0. The first-order valence-corrected chi connectivity index (χ1v) is 20.6. The Morgan fingerprint density at radius 3 is 1.75 bits per heavy atom. The third-order valence-electron chi connectivity index (χ3n) is 12.2. The first-order valence-electron chi connectivity index (χ1n) is 20.6. The Kier molecular flexibility index (Phi) is 7.89. The van der Waals surface area contributed by atoms with E-state index < -0.39 is 0 Å². The molecule has 0 atom stereocenters. The van der Waals surface area contributed by atoms with Crippen LogP contribution in [0, 0.1) is 0 Å². The molecular formula is C58H37NO. The number of hydrogen-bond acceptors (Lipinski definition) is 2. The second-order valence-corrected chi connectivity index (χ2v) is 15.6. The van der Waals surface area contributed by atoms with Crippen molar-refractivity contribution in [3.8, 4) is 33.4 Å². The predicted molar refractivity (Wildman–Crippen MR) is 255 cm³/mol. The standard InChI is InChI=1S/C58H37NO/c1-2-16-41-37-57-54(35-40(41)15-1)58-52(27-13-29-56(58)60-57)51-25-9-10-28-55(51)59(45-20-11-19-42(34-45)47-26-12-18-38-14-3-5-21-46(38)47)44-32-30-39(31-33-44)53-36-43-17-4-6-22-48(43)49-23-7-8-24-50(49)53/h1-37H.